The molecular formula is C20H38N4O7. The molecule has 11 heteroatoms. The normalized spacial score (nSPS) is 23.5. The van der Waals surface area contributed by atoms with E-state index in [4.69, 9.17) is 23.7 Å². The monoisotopic (exact) mass is 446 g/mol. The maximum Gasteiger partial charge on any atom is 0.319 e. The molecule has 2 bridgehead atoms. The number of carbonyl (C=O) groups is 2. The Morgan fingerprint density at radius 2 is 0.710 bits per heavy atom. The van der Waals surface area contributed by atoms with Crippen LogP contribution < -0.4 is 0 Å². The zero-order valence-corrected chi connectivity index (χ0v) is 19.0. The largest absolute Gasteiger partial charge is 0.378 e. The summed E-state index contributed by atoms with van der Waals surface area (Å²) in [6.45, 7) is 6.97. The van der Waals surface area contributed by atoms with E-state index < -0.39 is 0 Å². The first-order valence-electron chi connectivity index (χ1n) is 11.0. The minimum Gasteiger partial charge on any atom is -0.378 e. The Kier molecular flexibility index (Phi) is 12.5. The summed E-state index contributed by atoms with van der Waals surface area (Å²) in [7, 11) is 3.50. The highest BCUT2D eigenvalue weighted by Crippen LogP contribution is 2.02. The van der Waals surface area contributed by atoms with E-state index in [1.54, 1.807) is 33.7 Å². The molecule has 0 aromatic carbocycles. The third-order valence-corrected chi connectivity index (χ3v) is 5.10. The second-order valence-electron chi connectivity index (χ2n) is 7.44. The van der Waals surface area contributed by atoms with Gasteiger partial charge in [-0.3, -0.25) is 0 Å². The van der Waals surface area contributed by atoms with Crippen LogP contribution in [0, 0.1) is 0 Å². The number of fused-ring (bicyclic) bond motifs is 22. The van der Waals surface area contributed by atoms with Gasteiger partial charge in [-0.2, -0.15) is 0 Å². The Bertz CT molecular complexity index is 462. The van der Waals surface area contributed by atoms with Crippen molar-refractivity contribution in [3.63, 3.8) is 0 Å². The van der Waals surface area contributed by atoms with Crippen molar-refractivity contribution in [2.24, 2.45) is 0 Å². The Morgan fingerprint density at radius 1 is 0.452 bits per heavy atom. The van der Waals surface area contributed by atoms with Crippen molar-refractivity contribution in [2.45, 2.75) is 0 Å². The number of amides is 4. The van der Waals surface area contributed by atoms with Gasteiger partial charge in [0.2, 0.25) is 0 Å². The summed E-state index contributed by atoms with van der Waals surface area (Å²) in [6, 6.07) is -0.191. The van der Waals surface area contributed by atoms with Crippen LogP contribution in [-0.4, -0.2) is 151 Å². The van der Waals surface area contributed by atoms with Crippen LogP contribution in [0.25, 0.3) is 0 Å². The van der Waals surface area contributed by atoms with Gasteiger partial charge in [0, 0.05) is 53.4 Å². The lowest BCUT2D eigenvalue weighted by Gasteiger charge is -2.28. The average molecular weight is 447 g/mol. The van der Waals surface area contributed by atoms with Crippen LogP contribution in [0.1, 0.15) is 0 Å². The van der Waals surface area contributed by atoms with Gasteiger partial charge in [-0.25, -0.2) is 9.59 Å². The second kappa shape index (κ2) is 15.2. The fraction of sp³-hybridized carbons (Fsp3) is 0.900. The van der Waals surface area contributed by atoms with Gasteiger partial charge in [-0.15, -0.1) is 0 Å². The summed E-state index contributed by atoms with van der Waals surface area (Å²) >= 11 is 0. The highest BCUT2D eigenvalue weighted by Gasteiger charge is 2.20. The number of urea groups is 2. The fourth-order valence-electron chi connectivity index (χ4n) is 3.13. The smallest absolute Gasteiger partial charge is 0.319 e. The van der Waals surface area contributed by atoms with E-state index in [9.17, 15) is 9.59 Å². The van der Waals surface area contributed by atoms with Crippen molar-refractivity contribution in [1.82, 2.24) is 19.6 Å². The maximum absolute atomic E-state index is 12.8. The van der Waals surface area contributed by atoms with Crippen LogP contribution >= 0.6 is 0 Å². The molecule has 3 aliphatic heterocycles. The van der Waals surface area contributed by atoms with Gasteiger partial charge < -0.3 is 43.3 Å². The summed E-state index contributed by atoms with van der Waals surface area (Å²) in [4.78, 5) is 32.4. The molecule has 3 fully saturated rings. The standard InChI is InChI=1S/C20H38N4O7/c1-21-3-9-27-10-4-22(2)20(26)24-7-13-30-17-15-28-11-5-23(19(21)25)6-12-29-16-18-31-14-8-24/h3-18H2,1-2H3. The van der Waals surface area contributed by atoms with E-state index in [-0.39, 0.29) is 12.1 Å². The molecule has 3 aliphatic rings. The van der Waals surface area contributed by atoms with E-state index in [1.807, 2.05) is 0 Å². The molecule has 3 saturated heterocycles. The van der Waals surface area contributed by atoms with Crippen LogP contribution in [0.5, 0.6) is 0 Å². The average Bonchev–Trinajstić information content (AvgIpc) is 2.77. The van der Waals surface area contributed by atoms with Gasteiger partial charge in [0.25, 0.3) is 0 Å². The van der Waals surface area contributed by atoms with Crippen LogP contribution in [-0.2, 0) is 23.7 Å². The van der Waals surface area contributed by atoms with Crippen LogP contribution in [0.4, 0.5) is 9.59 Å². The minimum absolute atomic E-state index is 0.0953. The second-order valence-corrected chi connectivity index (χ2v) is 7.44. The predicted octanol–water partition coefficient (Wildman–Crippen LogP) is -0.196. The lowest BCUT2D eigenvalue weighted by Crippen LogP contribution is -2.45. The Hall–Kier alpha value is -1.66. The van der Waals surface area contributed by atoms with Crippen molar-refractivity contribution in [3.05, 3.63) is 0 Å². The molecule has 0 radical (unpaired) electrons. The van der Waals surface area contributed by atoms with Gasteiger partial charge in [0.05, 0.1) is 66.1 Å². The first-order valence-corrected chi connectivity index (χ1v) is 11.0. The lowest BCUT2D eigenvalue weighted by atomic mass is 10.4. The van der Waals surface area contributed by atoms with Crippen LogP contribution in [0.15, 0.2) is 0 Å². The summed E-state index contributed by atoms with van der Waals surface area (Å²) in [6.07, 6.45) is 0. The number of carbonyl (C=O) groups excluding carboxylic acids is 2. The highest BCUT2D eigenvalue weighted by atomic mass is 16.5. The molecule has 0 aliphatic carbocycles. The first-order chi connectivity index (χ1) is 15.1. The first kappa shape index (κ1) is 25.6. The molecule has 0 saturated carbocycles. The Balaban J connectivity index is 2.09. The zero-order valence-electron chi connectivity index (χ0n) is 19.0. The number of rotatable bonds is 0. The number of hydrogen-bond acceptors (Lipinski definition) is 7. The molecule has 0 atom stereocenters. The molecule has 0 aromatic rings. The number of ether oxygens (including phenoxy) is 5. The Morgan fingerprint density at radius 3 is 1.03 bits per heavy atom. The van der Waals surface area contributed by atoms with E-state index in [0.29, 0.717) is 105 Å². The van der Waals surface area contributed by atoms with Gasteiger partial charge in [-0.1, -0.05) is 0 Å². The molecule has 11 nitrogen and oxygen atoms in total. The molecular weight excluding hydrogens is 408 g/mol. The summed E-state index contributed by atoms with van der Waals surface area (Å²) in [5.41, 5.74) is 0. The summed E-state index contributed by atoms with van der Waals surface area (Å²) in [5, 5.41) is 0. The van der Waals surface area contributed by atoms with Crippen molar-refractivity contribution >= 4 is 12.1 Å². The summed E-state index contributed by atoms with van der Waals surface area (Å²) < 4.78 is 28.2. The topological polar surface area (TPSA) is 93.2 Å². The molecule has 0 N–H and O–H groups in total. The molecule has 4 amide bonds. The summed E-state index contributed by atoms with van der Waals surface area (Å²) in [5.74, 6) is 0. The van der Waals surface area contributed by atoms with Gasteiger partial charge >= 0.3 is 12.1 Å². The van der Waals surface area contributed by atoms with Gasteiger partial charge in [0.15, 0.2) is 0 Å². The fourth-order valence-corrected chi connectivity index (χ4v) is 3.13. The van der Waals surface area contributed by atoms with Crippen LogP contribution in [0.2, 0.25) is 0 Å². The molecule has 180 valence electrons. The maximum atomic E-state index is 12.8. The minimum atomic E-state index is -0.0953. The number of hydrogen-bond donors (Lipinski definition) is 0. The third kappa shape index (κ3) is 10.0. The lowest BCUT2D eigenvalue weighted by molar-refractivity contribution is 0.0134. The van der Waals surface area contributed by atoms with Crippen molar-refractivity contribution in [2.75, 3.05) is 119 Å². The van der Waals surface area contributed by atoms with Crippen molar-refractivity contribution in [3.8, 4) is 0 Å². The molecule has 0 aromatic heterocycles. The SMILES string of the molecule is CN1CCOCCN(C)C(=O)N2CCOCCOCCN(CCOCCOCC2)C1=O. The molecule has 3 rings (SSSR count). The van der Waals surface area contributed by atoms with E-state index in [1.165, 1.54) is 0 Å². The Labute approximate surface area is 185 Å². The van der Waals surface area contributed by atoms with Gasteiger partial charge in [0.1, 0.15) is 0 Å². The molecule has 3 heterocycles. The van der Waals surface area contributed by atoms with E-state index in [0.717, 1.165) is 0 Å². The molecule has 0 spiro atoms. The van der Waals surface area contributed by atoms with E-state index >= 15 is 0 Å². The predicted molar refractivity (Wildman–Crippen MR) is 113 cm³/mol. The van der Waals surface area contributed by atoms with E-state index in [2.05, 4.69) is 0 Å². The number of nitrogens with zero attached hydrogens (tertiary/aromatic N) is 4. The molecule has 0 unspecified atom stereocenters. The molecule has 31 heavy (non-hydrogen) atoms. The number of likely N-dealkylation sites (N-methyl/N-ethyl adjacent to an activating group) is 2. The zero-order chi connectivity index (χ0) is 22.3. The van der Waals surface area contributed by atoms with Crippen molar-refractivity contribution in [1.29, 1.82) is 0 Å². The van der Waals surface area contributed by atoms with Crippen LogP contribution in [0.3, 0.4) is 0 Å². The quantitative estimate of drug-likeness (QED) is 0.476. The highest BCUT2D eigenvalue weighted by molar-refractivity contribution is 5.74. The van der Waals surface area contributed by atoms with Crippen molar-refractivity contribution < 1.29 is 33.3 Å². The third-order valence-electron chi connectivity index (χ3n) is 5.10. The van der Waals surface area contributed by atoms with Gasteiger partial charge in [-0.05, 0) is 0 Å².